The molecule has 0 aliphatic carbocycles. The molecule has 0 spiro atoms. The summed E-state index contributed by atoms with van der Waals surface area (Å²) in [4.78, 5) is 12.9. The Bertz CT molecular complexity index is 598. The molecule has 0 amide bonds. The van der Waals surface area contributed by atoms with Gasteiger partial charge in [0.05, 0.1) is 10.6 Å². The lowest BCUT2D eigenvalue weighted by atomic mass is 10.3. The van der Waals surface area contributed by atoms with Crippen LogP contribution in [0.4, 0.5) is 11.4 Å². The van der Waals surface area contributed by atoms with Crippen molar-refractivity contribution in [2.75, 3.05) is 5.32 Å². The van der Waals surface area contributed by atoms with Crippen LogP contribution in [0.3, 0.4) is 0 Å². The number of nitro benzene ring substituents is 1. The third kappa shape index (κ3) is 3.54. The average Bonchev–Trinajstić information content (AvgIpc) is 2.85. The number of rotatable bonds is 5. The Morgan fingerprint density at radius 3 is 2.68 bits per heavy atom. The van der Waals surface area contributed by atoms with Gasteiger partial charge < -0.3 is 5.32 Å². The average molecular weight is 341 g/mol. The van der Waals surface area contributed by atoms with Gasteiger partial charge in [0.15, 0.2) is 0 Å². The van der Waals surface area contributed by atoms with E-state index in [4.69, 9.17) is 0 Å². The molecule has 0 unspecified atom stereocenters. The minimum Gasteiger partial charge on any atom is -0.379 e. The van der Waals surface area contributed by atoms with Gasteiger partial charge in [0, 0.05) is 32.9 Å². The summed E-state index contributed by atoms with van der Waals surface area (Å²) < 4.78 is 0.824. The zero-order valence-electron chi connectivity index (χ0n) is 10.4. The van der Waals surface area contributed by atoms with Crippen LogP contribution in [0.25, 0.3) is 0 Å². The SMILES string of the molecule is CCc1ccc(CNc2cc([N+](=O)[O-])ccc2Br)s1. The van der Waals surface area contributed by atoms with E-state index in [-0.39, 0.29) is 5.69 Å². The van der Waals surface area contributed by atoms with Crippen molar-refractivity contribution in [3.8, 4) is 0 Å². The second-order valence-electron chi connectivity index (χ2n) is 4.00. The van der Waals surface area contributed by atoms with Crippen LogP contribution >= 0.6 is 27.3 Å². The molecule has 2 aromatic rings. The summed E-state index contributed by atoms with van der Waals surface area (Å²) in [6, 6.07) is 8.91. The van der Waals surface area contributed by atoms with Crippen molar-refractivity contribution < 1.29 is 4.92 Å². The fourth-order valence-electron chi connectivity index (χ4n) is 1.65. The van der Waals surface area contributed by atoms with Gasteiger partial charge in [-0.2, -0.15) is 0 Å². The van der Waals surface area contributed by atoms with E-state index in [9.17, 15) is 10.1 Å². The van der Waals surface area contributed by atoms with Crippen LogP contribution in [0.2, 0.25) is 0 Å². The number of thiophene rings is 1. The molecule has 1 N–H and O–H groups in total. The number of non-ortho nitro benzene ring substituents is 1. The third-order valence-corrected chi connectivity index (χ3v) is 4.60. The number of aryl methyl sites for hydroxylation is 1. The molecule has 2 rings (SSSR count). The van der Waals surface area contributed by atoms with E-state index in [1.54, 1.807) is 23.5 Å². The number of nitrogens with zero attached hydrogens (tertiary/aromatic N) is 1. The van der Waals surface area contributed by atoms with Gasteiger partial charge >= 0.3 is 0 Å². The van der Waals surface area contributed by atoms with Crippen LogP contribution < -0.4 is 5.32 Å². The second kappa shape index (κ2) is 6.16. The summed E-state index contributed by atoms with van der Waals surface area (Å²) in [5.41, 5.74) is 0.826. The molecular formula is C13H13BrN2O2S. The van der Waals surface area contributed by atoms with E-state index in [1.165, 1.54) is 15.8 Å². The lowest BCUT2D eigenvalue weighted by Gasteiger charge is -2.07. The number of benzene rings is 1. The van der Waals surface area contributed by atoms with Crippen molar-refractivity contribution in [1.29, 1.82) is 0 Å². The Labute approximate surface area is 123 Å². The van der Waals surface area contributed by atoms with E-state index in [0.29, 0.717) is 6.54 Å². The van der Waals surface area contributed by atoms with Crippen LogP contribution in [0, 0.1) is 10.1 Å². The standard InChI is InChI=1S/C13H13BrN2O2S/c1-2-10-4-5-11(19-10)8-15-13-7-9(16(17)18)3-6-12(13)14/h3-7,15H,2,8H2,1H3. The molecule has 0 radical (unpaired) electrons. The molecular weight excluding hydrogens is 328 g/mol. The number of halogens is 1. The summed E-state index contributed by atoms with van der Waals surface area (Å²) in [6.07, 6.45) is 1.03. The van der Waals surface area contributed by atoms with Gasteiger partial charge in [-0.1, -0.05) is 6.92 Å². The molecule has 4 nitrogen and oxygen atoms in total. The highest BCUT2D eigenvalue weighted by atomic mass is 79.9. The Hall–Kier alpha value is -1.40. The van der Waals surface area contributed by atoms with Gasteiger partial charge in [-0.05, 0) is 40.5 Å². The second-order valence-corrected chi connectivity index (χ2v) is 6.10. The molecule has 100 valence electrons. The number of nitrogens with one attached hydrogen (secondary N) is 1. The van der Waals surface area contributed by atoms with Crippen molar-refractivity contribution in [3.63, 3.8) is 0 Å². The first kappa shape index (κ1) is 14.0. The van der Waals surface area contributed by atoms with Crippen LogP contribution in [0.15, 0.2) is 34.8 Å². The van der Waals surface area contributed by atoms with Gasteiger partial charge in [0.2, 0.25) is 0 Å². The lowest BCUT2D eigenvalue weighted by molar-refractivity contribution is -0.384. The fourth-order valence-corrected chi connectivity index (χ4v) is 2.94. The molecule has 0 fully saturated rings. The van der Waals surface area contributed by atoms with E-state index in [1.807, 2.05) is 0 Å². The topological polar surface area (TPSA) is 55.2 Å². The summed E-state index contributed by atoms with van der Waals surface area (Å²) in [7, 11) is 0. The van der Waals surface area contributed by atoms with Crippen molar-refractivity contribution in [2.24, 2.45) is 0 Å². The summed E-state index contributed by atoms with van der Waals surface area (Å²) >= 11 is 5.15. The maximum atomic E-state index is 10.7. The summed E-state index contributed by atoms with van der Waals surface area (Å²) in [5.74, 6) is 0. The highest BCUT2D eigenvalue weighted by molar-refractivity contribution is 9.10. The quantitative estimate of drug-likeness (QED) is 0.639. The van der Waals surface area contributed by atoms with Crippen molar-refractivity contribution in [1.82, 2.24) is 0 Å². The van der Waals surface area contributed by atoms with Crippen molar-refractivity contribution in [2.45, 2.75) is 19.9 Å². The Kier molecular flexibility index (Phi) is 4.55. The Morgan fingerprint density at radius 2 is 2.05 bits per heavy atom. The Balaban J connectivity index is 2.10. The first-order valence-corrected chi connectivity index (χ1v) is 7.46. The zero-order valence-corrected chi connectivity index (χ0v) is 12.8. The van der Waals surface area contributed by atoms with Gasteiger partial charge in [-0.25, -0.2) is 0 Å². The minimum atomic E-state index is -0.391. The molecule has 1 heterocycles. The largest absolute Gasteiger partial charge is 0.379 e. The first-order valence-electron chi connectivity index (χ1n) is 5.85. The molecule has 19 heavy (non-hydrogen) atoms. The lowest BCUT2D eigenvalue weighted by Crippen LogP contribution is -1.99. The Morgan fingerprint density at radius 1 is 1.32 bits per heavy atom. The molecule has 0 atom stereocenters. The fraction of sp³-hybridized carbons (Fsp3) is 0.231. The number of nitro groups is 1. The van der Waals surface area contributed by atoms with Crippen molar-refractivity contribution in [3.05, 3.63) is 54.7 Å². The molecule has 1 aromatic carbocycles. The van der Waals surface area contributed by atoms with Crippen LogP contribution in [0.1, 0.15) is 16.7 Å². The van der Waals surface area contributed by atoms with Crippen LogP contribution in [0.5, 0.6) is 0 Å². The monoisotopic (exact) mass is 340 g/mol. The van der Waals surface area contributed by atoms with Crippen LogP contribution in [-0.4, -0.2) is 4.92 Å². The molecule has 0 saturated carbocycles. The normalized spacial score (nSPS) is 10.4. The van der Waals surface area contributed by atoms with E-state index >= 15 is 0 Å². The van der Waals surface area contributed by atoms with Gasteiger partial charge in [0.1, 0.15) is 0 Å². The van der Waals surface area contributed by atoms with Gasteiger partial charge in [-0.15, -0.1) is 11.3 Å². The third-order valence-electron chi connectivity index (χ3n) is 2.68. The van der Waals surface area contributed by atoms with E-state index < -0.39 is 4.92 Å². The molecule has 0 bridgehead atoms. The smallest absolute Gasteiger partial charge is 0.271 e. The maximum absolute atomic E-state index is 10.7. The zero-order chi connectivity index (χ0) is 13.8. The molecule has 0 saturated heterocycles. The first-order chi connectivity index (χ1) is 9.10. The highest BCUT2D eigenvalue weighted by Gasteiger charge is 2.09. The summed E-state index contributed by atoms with van der Waals surface area (Å²) in [6.45, 7) is 2.80. The molecule has 0 aliphatic rings. The van der Waals surface area contributed by atoms with Crippen LogP contribution in [-0.2, 0) is 13.0 Å². The number of hydrogen-bond acceptors (Lipinski definition) is 4. The summed E-state index contributed by atoms with van der Waals surface area (Å²) in [5, 5.41) is 14.0. The predicted octanol–water partition coefficient (Wildman–Crippen LogP) is 4.59. The van der Waals surface area contributed by atoms with Gasteiger partial charge in [-0.3, -0.25) is 10.1 Å². The minimum absolute atomic E-state index is 0.0890. The van der Waals surface area contributed by atoms with Gasteiger partial charge in [0.25, 0.3) is 5.69 Å². The molecule has 6 heteroatoms. The number of anilines is 1. The highest BCUT2D eigenvalue weighted by Crippen LogP contribution is 2.28. The maximum Gasteiger partial charge on any atom is 0.271 e. The van der Waals surface area contributed by atoms with E-state index in [2.05, 4.69) is 40.3 Å². The molecule has 0 aliphatic heterocycles. The van der Waals surface area contributed by atoms with E-state index in [0.717, 1.165) is 16.6 Å². The predicted molar refractivity (Wildman–Crippen MR) is 81.8 cm³/mol. The van der Waals surface area contributed by atoms with Crippen molar-refractivity contribution >= 4 is 38.6 Å². The number of hydrogen-bond donors (Lipinski definition) is 1. The molecule has 1 aromatic heterocycles.